The third-order valence-corrected chi connectivity index (χ3v) is 8.82. The predicted molar refractivity (Wildman–Crippen MR) is 129 cm³/mol. The Morgan fingerprint density at radius 1 is 1.11 bits per heavy atom. The number of esters is 1. The average molecular weight is 536 g/mol. The lowest BCUT2D eigenvalue weighted by Gasteiger charge is -2.44. The van der Waals surface area contributed by atoms with Gasteiger partial charge in [0.2, 0.25) is 11.6 Å². The quantitative estimate of drug-likeness (QED) is 0.360. The Bertz CT molecular complexity index is 1270. The Labute approximate surface area is 218 Å². The van der Waals surface area contributed by atoms with Crippen LogP contribution >= 0.6 is 0 Å². The van der Waals surface area contributed by atoms with Crippen LogP contribution in [0.25, 0.3) is 0 Å². The summed E-state index contributed by atoms with van der Waals surface area (Å²) < 4.78 is 74.2. The Morgan fingerprint density at radius 2 is 1.79 bits per heavy atom. The summed E-state index contributed by atoms with van der Waals surface area (Å²) in [6.07, 6.45) is -3.26. The summed E-state index contributed by atoms with van der Waals surface area (Å²) in [7, 11) is 0. The maximum Gasteiger partial charge on any atom is 0.426 e. The number of rotatable bonds is 4. The lowest BCUT2D eigenvalue weighted by atomic mass is 9.63. The van der Waals surface area contributed by atoms with E-state index < -0.39 is 40.3 Å². The minimum Gasteiger partial charge on any atom is -0.459 e. The number of fused-ring (bicyclic) bond motifs is 3. The Kier molecular flexibility index (Phi) is 6.15. The number of hydrogen-bond acceptors (Lipinski definition) is 3. The van der Waals surface area contributed by atoms with E-state index in [1.165, 1.54) is 24.3 Å². The highest BCUT2D eigenvalue weighted by atomic mass is 19.4. The SMILES string of the molecule is CC1(C)OC(=O)CC1C(=O)N1CC[C@@]2(Cc3ccc(F)cc3)c3ccc(C(C)(F)C(F)(F)F)cc3CC[C@@H]12. The number of aryl methyl sites for hydroxylation is 1. The highest BCUT2D eigenvalue weighted by Gasteiger charge is 2.57. The van der Waals surface area contributed by atoms with Gasteiger partial charge in [0.05, 0.1) is 12.3 Å². The molecular weight excluding hydrogens is 505 g/mol. The summed E-state index contributed by atoms with van der Waals surface area (Å²) in [4.78, 5) is 27.6. The molecule has 2 aliphatic heterocycles. The molecule has 5 rings (SSSR count). The van der Waals surface area contributed by atoms with Crippen molar-refractivity contribution in [2.24, 2.45) is 5.92 Å². The van der Waals surface area contributed by atoms with Gasteiger partial charge in [-0.15, -0.1) is 0 Å². The largest absolute Gasteiger partial charge is 0.459 e. The number of hydrogen-bond donors (Lipinski definition) is 0. The first kappa shape index (κ1) is 26.6. The second kappa shape index (κ2) is 8.78. The highest BCUT2D eigenvalue weighted by molar-refractivity contribution is 5.88. The first-order valence-corrected chi connectivity index (χ1v) is 12.8. The molecule has 2 aromatic rings. The van der Waals surface area contributed by atoms with Crippen LogP contribution in [-0.2, 0) is 38.3 Å². The maximum atomic E-state index is 14.8. The molecule has 2 saturated heterocycles. The van der Waals surface area contributed by atoms with Crippen molar-refractivity contribution in [3.63, 3.8) is 0 Å². The average Bonchev–Trinajstić information content (AvgIpc) is 3.35. The zero-order valence-electron chi connectivity index (χ0n) is 21.5. The second-order valence-electron chi connectivity index (χ2n) is 11.5. The zero-order chi connectivity index (χ0) is 27.7. The summed E-state index contributed by atoms with van der Waals surface area (Å²) in [6.45, 7) is 4.36. The summed E-state index contributed by atoms with van der Waals surface area (Å²) in [6, 6.07) is 9.84. The zero-order valence-corrected chi connectivity index (χ0v) is 21.5. The number of benzene rings is 2. The van der Waals surface area contributed by atoms with Crippen molar-refractivity contribution in [2.75, 3.05) is 6.54 Å². The van der Waals surface area contributed by atoms with Crippen LogP contribution in [0.3, 0.4) is 0 Å². The molecule has 0 radical (unpaired) electrons. The molecule has 9 heteroatoms. The molecule has 1 amide bonds. The number of amides is 1. The maximum absolute atomic E-state index is 14.8. The van der Waals surface area contributed by atoms with Gasteiger partial charge in [-0.05, 0) is 80.8 Å². The second-order valence-corrected chi connectivity index (χ2v) is 11.5. The molecule has 2 fully saturated rings. The number of carbonyl (C=O) groups is 2. The van der Waals surface area contributed by atoms with Crippen molar-refractivity contribution in [3.05, 3.63) is 70.5 Å². The summed E-state index contributed by atoms with van der Waals surface area (Å²) in [5.41, 5.74) is -3.31. The van der Waals surface area contributed by atoms with E-state index >= 15 is 0 Å². The van der Waals surface area contributed by atoms with Gasteiger partial charge in [-0.2, -0.15) is 13.2 Å². The van der Waals surface area contributed by atoms with E-state index in [0.717, 1.165) is 11.1 Å². The van der Waals surface area contributed by atoms with E-state index in [1.807, 2.05) is 0 Å². The van der Waals surface area contributed by atoms with Gasteiger partial charge in [0, 0.05) is 18.0 Å². The Balaban J connectivity index is 1.56. The van der Waals surface area contributed by atoms with Crippen LogP contribution in [0, 0.1) is 11.7 Å². The lowest BCUT2D eigenvalue weighted by Crippen LogP contribution is -2.52. The van der Waals surface area contributed by atoms with Crippen LogP contribution in [-0.4, -0.2) is 41.1 Å². The smallest absolute Gasteiger partial charge is 0.426 e. The summed E-state index contributed by atoms with van der Waals surface area (Å²) in [5.74, 6) is -1.63. The molecule has 2 aromatic carbocycles. The fraction of sp³-hybridized carbons (Fsp3) is 0.517. The molecule has 3 aliphatic rings. The van der Waals surface area contributed by atoms with Crippen molar-refractivity contribution in [1.29, 1.82) is 0 Å². The van der Waals surface area contributed by atoms with Gasteiger partial charge < -0.3 is 9.64 Å². The molecule has 4 atom stereocenters. The number of carbonyl (C=O) groups excluding carboxylic acids is 2. The Hall–Kier alpha value is -2.97. The van der Waals surface area contributed by atoms with Gasteiger partial charge in [-0.25, -0.2) is 8.78 Å². The van der Waals surface area contributed by atoms with Gasteiger partial charge >= 0.3 is 12.1 Å². The third kappa shape index (κ3) is 4.18. The van der Waals surface area contributed by atoms with Crippen molar-refractivity contribution >= 4 is 11.9 Å². The van der Waals surface area contributed by atoms with Crippen molar-refractivity contribution in [3.8, 4) is 0 Å². The first-order chi connectivity index (χ1) is 17.7. The summed E-state index contributed by atoms with van der Waals surface area (Å²) >= 11 is 0. The Morgan fingerprint density at radius 3 is 2.39 bits per heavy atom. The van der Waals surface area contributed by atoms with Crippen LogP contribution in [0.15, 0.2) is 42.5 Å². The number of likely N-dealkylation sites (tertiary alicyclic amines) is 1. The molecule has 0 N–H and O–H groups in total. The van der Waals surface area contributed by atoms with E-state index in [9.17, 15) is 31.5 Å². The molecule has 0 saturated carbocycles. The van der Waals surface area contributed by atoms with Crippen LogP contribution in [0.2, 0.25) is 0 Å². The van der Waals surface area contributed by atoms with E-state index in [0.29, 0.717) is 44.7 Å². The van der Waals surface area contributed by atoms with Gasteiger partial charge in [0.1, 0.15) is 11.4 Å². The fourth-order valence-corrected chi connectivity index (χ4v) is 6.66. The number of alkyl halides is 4. The number of cyclic esters (lactones) is 1. The van der Waals surface area contributed by atoms with E-state index in [4.69, 9.17) is 4.74 Å². The molecule has 0 bridgehead atoms. The van der Waals surface area contributed by atoms with Gasteiger partial charge in [0.15, 0.2) is 0 Å². The topological polar surface area (TPSA) is 46.6 Å². The van der Waals surface area contributed by atoms with E-state index in [2.05, 4.69) is 0 Å². The number of halogens is 5. The fourth-order valence-electron chi connectivity index (χ4n) is 6.66. The monoisotopic (exact) mass is 535 g/mol. The minimum absolute atomic E-state index is 0.00745. The van der Waals surface area contributed by atoms with Crippen molar-refractivity contribution in [2.45, 2.75) is 81.8 Å². The summed E-state index contributed by atoms with van der Waals surface area (Å²) in [5, 5.41) is 0. The highest BCUT2D eigenvalue weighted by Crippen LogP contribution is 2.52. The normalized spacial score (nSPS) is 27.9. The molecule has 38 heavy (non-hydrogen) atoms. The standard InChI is InChI=1S/C29H30F5NO3/c1-26(2)22(15-24(36)38-26)25(37)35-13-12-28(16-17-4-8-20(30)9-5-17)21-10-7-19(27(3,31)29(32,33)34)14-18(21)6-11-23(28)35/h4-5,7-10,14,22-23H,6,11-13,15-16H2,1-3H3/t22?,23-,27?,28-/m1/s1. The van der Waals surface area contributed by atoms with Crippen LogP contribution in [0.4, 0.5) is 22.0 Å². The molecule has 4 nitrogen and oxygen atoms in total. The van der Waals surface area contributed by atoms with Gasteiger partial charge in [0.25, 0.3) is 0 Å². The molecular formula is C29H30F5NO3. The van der Waals surface area contributed by atoms with Crippen molar-refractivity contribution < 1.29 is 36.3 Å². The van der Waals surface area contributed by atoms with Gasteiger partial charge in [-0.1, -0.05) is 30.3 Å². The molecule has 2 unspecified atom stereocenters. The molecule has 1 aliphatic carbocycles. The van der Waals surface area contributed by atoms with Crippen LogP contribution < -0.4 is 0 Å². The van der Waals surface area contributed by atoms with Crippen molar-refractivity contribution in [1.82, 2.24) is 4.90 Å². The molecule has 0 aromatic heterocycles. The van der Waals surface area contributed by atoms with Gasteiger partial charge in [-0.3, -0.25) is 9.59 Å². The molecule has 0 spiro atoms. The predicted octanol–water partition coefficient (Wildman–Crippen LogP) is 5.94. The van der Waals surface area contributed by atoms with E-state index in [1.54, 1.807) is 36.9 Å². The lowest BCUT2D eigenvalue weighted by molar-refractivity contribution is -0.228. The first-order valence-electron chi connectivity index (χ1n) is 12.8. The number of ether oxygens (including phenoxy) is 1. The third-order valence-electron chi connectivity index (χ3n) is 8.82. The van der Waals surface area contributed by atoms with Crippen LogP contribution in [0.1, 0.15) is 62.3 Å². The van der Waals surface area contributed by atoms with E-state index in [-0.39, 0.29) is 24.2 Å². The molecule has 2 heterocycles. The minimum atomic E-state index is -5.06. The molecule has 204 valence electrons. The number of nitrogens with zero attached hydrogens (tertiary/aromatic N) is 1. The van der Waals surface area contributed by atoms with Crippen LogP contribution in [0.5, 0.6) is 0 Å².